The van der Waals surface area contributed by atoms with Crippen LogP contribution in [0, 0.1) is 0 Å². The van der Waals surface area contributed by atoms with Crippen LogP contribution in [0.15, 0.2) is 53.7 Å². The third-order valence-corrected chi connectivity index (χ3v) is 13.8. The van der Waals surface area contributed by atoms with Gasteiger partial charge < -0.3 is 24.8 Å². The first-order chi connectivity index (χ1) is 31.2. The molecule has 368 valence electrons. The molecule has 1 rings (SSSR count). The van der Waals surface area contributed by atoms with Crippen molar-refractivity contribution >= 4 is 47.3 Å². The van der Waals surface area contributed by atoms with Crippen LogP contribution in [0.3, 0.4) is 0 Å². The first-order valence-corrected chi connectivity index (χ1v) is 28.4. The van der Waals surface area contributed by atoms with Crippen molar-refractivity contribution in [2.45, 2.75) is 211 Å². The van der Waals surface area contributed by atoms with Gasteiger partial charge in [0.15, 0.2) is 6.10 Å². The highest BCUT2D eigenvalue weighted by molar-refractivity contribution is 8.76. The summed E-state index contributed by atoms with van der Waals surface area (Å²) in [6, 6.07) is 4.53. The van der Waals surface area contributed by atoms with Gasteiger partial charge in [-0.15, -0.1) is 0 Å². The lowest BCUT2D eigenvalue weighted by Crippen LogP contribution is -2.40. The number of carbonyl (C=O) groups is 3. The van der Waals surface area contributed by atoms with Crippen molar-refractivity contribution in [1.82, 2.24) is 10.3 Å². The number of hydrogen-bond acceptors (Lipinski definition) is 12. The molecule has 2 unspecified atom stereocenters. The van der Waals surface area contributed by atoms with E-state index in [9.17, 15) is 28.9 Å². The maximum absolute atomic E-state index is 12.8. The highest BCUT2D eigenvalue weighted by Gasteiger charge is 2.27. The molecule has 0 aliphatic rings. The number of nitrogens with one attached hydrogen (secondary N) is 1. The molecule has 0 fully saturated rings. The zero-order chi connectivity index (χ0) is 46.6. The molecule has 0 bridgehead atoms. The van der Waals surface area contributed by atoms with Crippen LogP contribution >= 0.6 is 29.4 Å². The molecule has 0 radical (unpaired) electrons. The number of pyridine rings is 1. The molecular weight excluding hydrogens is 872 g/mol. The molecule has 0 aliphatic heterocycles. The van der Waals surface area contributed by atoms with E-state index in [0.29, 0.717) is 12.8 Å². The summed E-state index contributed by atoms with van der Waals surface area (Å²) >= 11 is 0. The molecular formula is C49H85N2O10PS2. The quantitative estimate of drug-likeness (QED) is 0.0185. The molecule has 0 aromatic carbocycles. The summed E-state index contributed by atoms with van der Waals surface area (Å²) in [7, 11) is -1.96. The first-order valence-electron chi connectivity index (χ1n) is 24.6. The van der Waals surface area contributed by atoms with Gasteiger partial charge in [0.05, 0.1) is 13.2 Å². The Hall–Kier alpha value is -2.19. The van der Waals surface area contributed by atoms with E-state index in [4.69, 9.17) is 18.5 Å². The Balaban J connectivity index is 2.45. The SMILES string of the molecule is CCCCCCCC/C=C\CCCCCCCC(=O)OC[C@H](COP(=O)(O)OCCNC(CSSc1ccccn1)C(=O)O)OC(=O)CCCCCCC/C=C\CCCCCCCC. The summed E-state index contributed by atoms with van der Waals surface area (Å²) < 4.78 is 34.0. The summed E-state index contributed by atoms with van der Waals surface area (Å²) in [5.41, 5.74) is 0. The van der Waals surface area contributed by atoms with Crippen LogP contribution in [0.2, 0.25) is 0 Å². The average molecular weight is 957 g/mol. The van der Waals surface area contributed by atoms with E-state index in [2.05, 4.69) is 48.5 Å². The summed E-state index contributed by atoms with van der Waals surface area (Å²) in [4.78, 5) is 51.7. The maximum atomic E-state index is 12.8. The van der Waals surface area contributed by atoms with Crippen molar-refractivity contribution in [1.29, 1.82) is 0 Å². The fourth-order valence-corrected chi connectivity index (χ4v) is 9.53. The summed E-state index contributed by atoms with van der Waals surface area (Å²) in [6.07, 6.45) is 39.9. The molecule has 3 atom stereocenters. The zero-order valence-corrected chi connectivity index (χ0v) is 42.0. The Morgan fingerprint density at radius 1 is 0.688 bits per heavy atom. The lowest BCUT2D eigenvalue weighted by molar-refractivity contribution is -0.161. The molecule has 0 amide bonds. The van der Waals surface area contributed by atoms with Crippen molar-refractivity contribution in [2.24, 2.45) is 0 Å². The van der Waals surface area contributed by atoms with Crippen LogP contribution in [0.25, 0.3) is 0 Å². The van der Waals surface area contributed by atoms with Crippen molar-refractivity contribution in [3.05, 3.63) is 48.7 Å². The zero-order valence-electron chi connectivity index (χ0n) is 39.5. The maximum Gasteiger partial charge on any atom is 0.472 e. The third kappa shape index (κ3) is 39.0. The van der Waals surface area contributed by atoms with Gasteiger partial charge in [-0.2, -0.15) is 0 Å². The lowest BCUT2D eigenvalue weighted by atomic mass is 10.1. The third-order valence-electron chi connectivity index (χ3n) is 10.5. The number of carbonyl (C=O) groups excluding carboxylic acids is 2. The molecule has 3 N–H and O–H groups in total. The smallest absolute Gasteiger partial charge is 0.472 e. The fraction of sp³-hybridized carbons (Fsp3) is 0.755. The number of esters is 2. The van der Waals surface area contributed by atoms with E-state index in [0.717, 1.165) is 82.1 Å². The highest BCUT2D eigenvalue weighted by atomic mass is 33.1. The molecule has 0 saturated carbocycles. The molecule has 12 nitrogen and oxygen atoms in total. The number of carboxylic acid groups (broad SMARTS) is 1. The first kappa shape index (κ1) is 59.8. The average Bonchev–Trinajstić information content (AvgIpc) is 3.28. The number of unbranched alkanes of at least 4 members (excludes halogenated alkanes) is 22. The number of hydrogen-bond donors (Lipinski definition) is 3. The van der Waals surface area contributed by atoms with Gasteiger partial charge in [0.2, 0.25) is 0 Å². The Morgan fingerprint density at radius 2 is 1.19 bits per heavy atom. The Kier molecular flexibility index (Phi) is 40.6. The summed E-state index contributed by atoms with van der Waals surface area (Å²) in [5, 5.41) is 13.2. The van der Waals surface area contributed by atoms with Gasteiger partial charge in [-0.05, 0) is 87.1 Å². The molecule has 1 aromatic rings. The largest absolute Gasteiger partial charge is 0.480 e. The van der Waals surface area contributed by atoms with Gasteiger partial charge in [-0.3, -0.25) is 23.4 Å². The van der Waals surface area contributed by atoms with E-state index < -0.39 is 44.5 Å². The van der Waals surface area contributed by atoms with Gasteiger partial charge in [-0.1, -0.05) is 158 Å². The molecule has 0 saturated heterocycles. The molecule has 64 heavy (non-hydrogen) atoms. The fourth-order valence-electron chi connectivity index (χ4n) is 6.68. The summed E-state index contributed by atoms with van der Waals surface area (Å²) in [6.45, 7) is 3.27. The standard InChI is InChI=1S/C49H85N2O10PS2/c1-3-5-7-9-11-13-15-17-19-21-23-25-27-29-31-36-47(52)58-41-44(61-48(53)37-32-30-28-26-24-22-20-18-16-14-12-10-8-6-4-2)42-60-62(56,57)59-40-39-50-45(49(54)55)43-63-64-46-35-33-34-38-51-46/h17-20,33-35,38,44-45,50H,3-16,21-32,36-37,39-43H2,1-2H3,(H,54,55)(H,56,57)/b19-17-,20-18-/t44-,45?/m1/s1. The number of rotatable bonds is 46. The predicted octanol–water partition coefficient (Wildman–Crippen LogP) is 13.5. The predicted molar refractivity (Wildman–Crippen MR) is 263 cm³/mol. The Labute approximate surface area is 395 Å². The molecule has 0 aliphatic carbocycles. The lowest BCUT2D eigenvalue weighted by Gasteiger charge is -2.20. The second-order valence-electron chi connectivity index (χ2n) is 16.4. The Bertz CT molecular complexity index is 1390. The van der Waals surface area contributed by atoms with Crippen LogP contribution < -0.4 is 5.32 Å². The second-order valence-corrected chi connectivity index (χ2v) is 20.3. The van der Waals surface area contributed by atoms with Crippen LogP contribution in [0.1, 0.15) is 194 Å². The number of carboxylic acids is 1. The van der Waals surface area contributed by atoms with Gasteiger partial charge in [0.25, 0.3) is 0 Å². The number of ether oxygens (including phenoxy) is 2. The Morgan fingerprint density at radius 3 is 1.69 bits per heavy atom. The van der Waals surface area contributed by atoms with Crippen LogP contribution in [-0.4, -0.2) is 77.2 Å². The molecule has 1 heterocycles. The van der Waals surface area contributed by atoms with Gasteiger partial charge >= 0.3 is 25.7 Å². The van der Waals surface area contributed by atoms with Gasteiger partial charge in [-0.25, -0.2) is 9.55 Å². The molecule has 0 spiro atoms. The van der Waals surface area contributed by atoms with Crippen molar-refractivity contribution < 1.29 is 47.5 Å². The van der Waals surface area contributed by atoms with E-state index in [1.54, 1.807) is 12.3 Å². The minimum atomic E-state index is -4.63. The second kappa shape index (κ2) is 43.4. The number of aliphatic carboxylic acids is 1. The van der Waals surface area contributed by atoms with E-state index in [1.807, 2.05) is 12.1 Å². The molecule has 15 heteroatoms. The van der Waals surface area contributed by atoms with E-state index >= 15 is 0 Å². The molecule has 1 aromatic heterocycles. The van der Waals surface area contributed by atoms with Crippen LogP contribution in [0.4, 0.5) is 0 Å². The van der Waals surface area contributed by atoms with Crippen molar-refractivity contribution in [3.8, 4) is 0 Å². The minimum Gasteiger partial charge on any atom is -0.480 e. The van der Waals surface area contributed by atoms with Gasteiger partial charge in [0.1, 0.15) is 17.7 Å². The highest BCUT2D eigenvalue weighted by Crippen LogP contribution is 2.43. The normalized spacial score (nSPS) is 13.6. The van der Waals surface area contributed by atoms with Crippen LogP contribution in [-0.2, 0) is 37.5 Å². The summed E-state index contributed by atoms with van der Waals surface area (Å²) in [5.74, 6) is -1.80. The van der Waals surface area contributed by atoms with Gasteiger partial charge in [0, 0.05) is 31.3 Å². The van der Waals surface area contributed by atoms with Crippen molar-refractivity contribution in [2.75, 3.05) is 32.1 Å². The number of phosphoric acid groups is 1. The number of phosphoric ester groups is 1. The van der Waals surface area contributed by atoms with E-state index in [-0.39, 0.29) is 38.4 Å². The number of nitrogens with zero attached hydrogens (tertiary/aromatic N) is 1. The van der Waals surface area contributed by atoms with Crippen LogP contribution in [0.5, 0.6) is 0 Å². The topological polar surface area (TPSA) is 171 Å². The number of aromatic nitrogens is 1. The minimum absolute atomic E-state index is 0.0397. The van der Waals surface area contributed by atoms with Crippen molar-refractivity contribution in [3.63, 3.8) is 0 Å². The number of allylic oxidation sites excluding steroid dienone is 4. The van der Waals surface area contributed by atoms with E-state index in [1.165, 1.54) is 98.6 Å². The monoisotopic (exact) mass is 957 g/mol.